The topological polar surface area (TPSA) is 46.5 Å². The van der Waals surface area contributed by atoms with Gasteiger partial charge in [0.1, 0.15) is 0 Å². The molecule has 78 valence electrons. The van der Waals surface area contributed by atoms with Crippen LogP contribution in [0.25, 0.3) is 0 Å². The summed E-state index contributed by atoms with van der Waals surface area (Å²) in [6, 6.07) is 7.73. The van der Waals surface area contributed by atoms with Gasteiger partial charge in [0.15, 0.2) is 0 Å². The summed E-state index contributed by atoms with van der Waals surface area (Å²) < 4.78 is 25.6. The lowest BCUT2D eigenvalue weighted by atomic mass is 10.2. The summed E-state index contributed by atoms with van der Waals surface area (Å²) in [5.41, 5.74) is 1.16. The second kappa shape index (κ2) is 4.23. The molecule has 1 aromatic carbocycles. The Balaban J connectivity index is 3.07. The van der Waals surface area contributed by atoms with E-state index in [2.05, 4.69) is 3.77 Å². The van der Waals surface area contributed by atoms with Crippen LogP contribution in [0.2, 0.25) is 0 Å². The molecule has 1 unspecified atom stereocenters. The van der Waals surface area contributed by atoms with E-state index in [4.69, 9.17) is 0 Å². The smallest absolute Gasteiger partial charge is 0.204 e. The first-order valence-electron chi connectivity index (χ1n) is 4.04. The molecule has 5 heteroatoms. The maximum Gasteiger partial charge on any atom is 0.256 e. The van der Waals surface area contributed by atoms with Gasteiger partial charge in [-0.2, -0.15) is 0 Å². The number of hydrogen-bond acceptors (Lipinski definition) is 2. The average molecular weight is 231 g/mol. The van der Waals surface area contributed by atoms with Crippen molar-refractivity contribution in [3.63, 3.8) is 0 Å². The molecule has 0 radical (unpaired) electrons. The molecule has 0 aromatic heterocycles. The molecular formula is C9H13NO2S2. The molecule has 0 heterocycles. The molecule has 0 fully saturated rings. The Labute approximate surface area is 87.3 Å². The SMILES string of the molecule is Cc1ccc(S(C)=NS(C)(=O)=O)cc1. The number of aryl methyl sites for hydroxylation is 1. The minimum absolute atomic E-state index is 0.574. The minimum atomic E-state index is -3.24. The van der Waals surface area contributed by atoms with Gasteiger partial charge in [0.2, 0.25) is 0 Å². The Morgan fingerprint density at radius 3 is 2.14 bits per heavy atom. The molecule has 0 spiro atoms. The molecule has 0 aliphatic heterocycles. The van der Waals surface area contributed by atoms with Crippen LogP contribution in [-0.4, -0.2) is 20.9 Å². The standard InChI is InChI=1S/C9H13NO2S2/c1-8-4-6-9(7-5-8)13(2)10-14(3,11)12/h4-7H,1-3H3. The van der Waals surface area contributed by atoms with Gasteiger partial charge in [0, 0.05) is 4.90 Å². The Kier molecular flexibility index (Phi) is 3.44. The monoisotopic (exact) mass is 231 g/mol. The minimum Gasteiger partial charge on any atom is -0.204 e. The third-order valence-corrected chi connectivity index (χ3v) is 4.54. The van der Waals surface area contributed by atoms with Gasteiger partial charge in [-0.15, -0.1) is 3.77 Å². The lowest BCUT2D eigenvalue weighted by Crippen LogP contribution is -1.95. The molecule has 1 atom stereocenters. The average Bonchev–Trinajstić information content (AvgIpc) is 2.02. The van der Waals surface area contributed by atoms with Crippen molar-refractivity contribution < 1.29 is 8.42 Å². The highest BCUT2D eigenvalue weighted by Crippen LogP contribution is 2.09. The summed E-state index contributed by atoms with van der Waals surface area (Å²) in [6.07, 6.45) is 2.91. The number of sulfonamides is 1. The molecule has 0 saturated heterocycles. The van der Waals surface area contributed by atoms with E-state index < -0.39 is 20.7 Å². The normalized spacial score (nSPS) is 14.2. The first kappa shape index (κ1) is 11.4. The zero-order valence-electron chi connectivity index (χ0n) is 8.39. The molecule has 0 bridgehead atoms. The van der Waals surface area contributed by atoms with E-state index in [1.807, 2.05) is 31.2 Å². The Hall–Kier alpha value is -0.680. The lowest BCUT2D eigenvalue weighted by Gasteiger charge is -2.01. The highest BCUT2D eigenvalue weighted by molar-refractivity contribution is 7.99. The molecule has 0 aliphatic carbocycles. The van der Waals surface area contributed by atoms with Gasteiger partial charge >= 0.3 is 0 Å². The Morgan fingerprint density at radius 2 is 1.71 bits per heavy atom. The lowest BCUT2D eigenvalue weighted by molar-refractivity contribution is 0.604. The fourth-order valence-corrected chi connectivity index (χ4v) is 3.48. The van der Waals surface area contributed by atoms with Gasteiger partial charge in [-0.3, -0.25) is 0 Å². The second-order valence-electron chi connectivity index (χ2n) is 3.10. The summed E-state index contributed by atoms with van der Waals surface area (Å²) in [7, 11) is -3.82. The Morgan fingerprint density at radius 1 is 1.21 bits per heavy atom. The molecule has 1 aromatic rings. The van der Waals surface area contributed by atoms with Crippen LogP contribution in [0.1, 0.15) is 5.56 Å². The van der Waals surface area contributed by atoms with Crippen molar-refractivity contribution in [2.75, 3.05) is 12.5 Å². The van der Waals surface area contributed by atoms with Crippen molar-refractivity contribution in [1.29, 1.82) is 0 Å². The van der Waals surface area contributed by atoms with Gasteiger partial charge < -0.3 is 0 Å². The number of nitrogens with zero attached hydrogens (tertiary/aromatic N) is 1. The quantitative estimate of drug-likeness (QED) is 0.778. The molecule has 3 nitrogen and oxygen atoms in total. The molecule has 1 rings (SSSR count). The molecule has 14 heavy (non-hydrogen) atoms. The largest absolute Gasteiger partial charge is 0.256 e. The van der Waals surface area contributed by atoms with Gasteiger partial charge in [-0.05, 0) is 25.3 Å². The zero-order valence-corrected chi connectivity index (χ0v) is 10.0. The van der Waals surface area contributed by atoms with Crippen molar-refractivity contribution in [2.24, 2.45) is 3.77 Å². The molecular weight excluding hydrogens is 218 g/mol. The van der Waals surface area contributed by atoms with Crippen molar-refractivity contribution in [2.45, 2.75) is 11.8 Å². The van der Waals surface area contributed by atoms with Crippen LogP contribution in [0, 0.1) is 6.92 Å². The van der Waals surface area contributed by atoms with Crippen LogP contribution in [0.5, 0.6) is 0 Å². The van der Waals surface area contributed by atoms with E-state index in [9.17, 15) is 8.42 Å². The number of benzene rings is 1. The highest BCUT2D eigenvalue weighted by Gasteiger charge is 2.00. The third kappa shape index (κ3) is 3.59. The Bertz CT molecular complexity index is 446. The third-order valence-electron chi connectivity index (χ3n) is 1.61. The zero-order chi connectivity index (χ0) is 10.8. The highest BCUT2D eigenvalue weighted by atomic mass is 32.3. The molecule has 0 aliphatic rings. The maximum absolute atomic E-state index is 10.9. The van der Waals surface area contributed by atoms with Crippen LogP contribution in [0.4, 0.5) is 0 Å². The van der Waals surface area contributed by atoms with Crippen molar-refractivity contribution in [3.05, 3.63) is 29.8 Å². The van der Waals surface area contributed by atoms with Gasteiger partial charge in [0.25, 0.3) is 10.0 Å². The van der Waals surface area contributed by atoms with E-state index >= 15 is 0 Å². The van der Waals surface area contributed by atoms with E-state index in [1.165, 1.54) is 0 Å². The van der Waals surface area contributed by atoms with Crippen LogP contribution >= 0.6 is 0 Å². The summed E-state index contributed by atoms with van der Waals surface area (Å²) in [6.45, 7) is 1.99. The number of rotatable bonds is 2. The maximum atomic E-state index is 10.9. The van der Waals surface area contributed by atoms with E-state index in [-0.39, 0.29) is 0 Å². The van der Waals surface area contributed by atoms with Crippen LogP contribution in [0.15, 0.2) is 32.9 Å². The fourth-order valence-electron chi connectivity index (χ4n) is 0.981. The van der Waals surface area contributed by atoms with Crippen LogP contribution < -0.4 is 0 Å². The predicted octanol–water partition coefficient (Wildman–Crippen LogP) is 1.75. The van der Waals surface area contributed by atoms with Gasteiger partial charge in [-0.25, -0.2) is 8.42 Å². The van der Waals surface area contributed by atoms with Crippen molar-refractivity contribution in [1.82, 2.24) is 0 Å². The summed E-state index contributed by atoms with van der Waals surface area (Å²) in [4.78, 5) is 0.945. The summed E-state index contributed by atoms with van der Waals surface area (Å²) in [5, 5.41) is 0. The molecule has 0 N–H and O–H groups in total. The van der Waals surface area contributed by atoms with Crippen LogP contribution in [0.3, 0.4) is 0 Å². The van der Waals surface area contributed by atoms with Crippen LogP contribution in [-0.2, 0) is 20.7 Å². The van der Waals surface area contributed by atoms with Gasteiger partial charge in [-0.1, -0.05) is 28.4 Å². The molecule has 0 saturated carbocycles. The second-order valence-corrected chi connectivity index (χ2v) is 6.59. The van der Waals surface area contributed by atoms with E-state index in [0.717, 1.165) is 16.7 Å². The first-order valence-corrected chi connectivity index (χ1v) is 7.48. The van der Waals surface area contributed by atoms with E-state index in [1.54, 1.807) is 6.26 Å². The fraction of sp³-hybridized carbons (Fsp3) is 0.333. The van der Waals surface area contributed by atoms with Crippen molar-refractivity contribution >= 4 is 20.7 Å². The number of hydrogen-bond donors (Lipinski definition) is 0. The first-order chi connectivity index (χ1) is 6.38. The summed E-state index contributed by atoms with van der Waals surface area (Å²) >= 11 is 0. The predicted molar refractivity (Wildman–Crippen MR) is 60.0 cm³/mol. The van der Waals surface area contributed by atoms with E-state index in [0.29, 0.717) is 0 Å². The van der Waals surface area contributed by atoms with Crippen molar-refractivity contribution in [3.8, 4) is 0 Å². The van der Waals surface area contributed by atoms with Gasteiger partial charge in [0.05, 0.1) is 6.26 Å². The molecule has 0 amide bonds. The summed E-state index contributed by atoms with van der Waals surface area (Å²) in [5.74, 6) is 0.